The summed E-state index contributed by atoms with van der Waals surface area (Å²) in [7, 11) is -1.66. The van der Waals surface area contributed by atoms with Crippen LogP contribution in [0.5, 0.6) is 0 Å². The average Bonchev–Trinajstić information content (AvgIpc) is 2.26. The molecule has 0 saturated heterocycles. The zero-order valence-electron chi connectivity index (χ0n) is 10.8. The van der Waals surface area contributed by atoms with Gasteiger partial charge >= 0.3 is 0 Å². The van der Waals surface area contributed by atoms with Gasteiger partial charge in [-0.15, -0.1) is 0 Å². The molecule has 1 aromatic rings. The molecule has 1 atom stereocenters. The first-order chi connectivity index (χ1) is 9.20. The maximum Gasteiger partial charge on any atom is 0.246 e. The summed E-state index contributed by atoms with van der Waals surface area (Å²) >= 11 is 2.83. The van der Waals surface area contributed by atoms with Gasteiger partial charge in [-0.25, -0.2) is 17.2 Å². The number of hydrogen-bond donors (Lipinski definition) is 1. The van der Waals surface area contributed by atoms with Crippen molar-refractivity contribution in [2.24, 2.45) is 0 Å². The number of sulfonamides is 1. The predicted octanol–water partition coefficient (Wildman–Crippen LogP) is 1.36. The van der Waals surface area contributed by atoms with Crippen LogP contribution in [-0.2, 0) is 14.8 Å². The van der Waals surface area contributed by atoms with Crippen molar-refractivity contribution in [3.8, 4) is 0 Å². The Labute approximate surface area is 124 Å². The molecule has 0 spiro atoms. The van der Waals surface area contributed by atoms with E-state index in [4.69, 9.17) is 0 Å². The van der Waals surface area contributed by atoms with Crippen molar-refractivity contribution in [2.75, 3.05) is 27.3 Å². The first-order valence-corrected chi connectivity index (χ1v) is 7.71. The third-order valence-corrected chi connectivity index (χ3v) is 5.25. The highest BCUT2D eigenvalue weighted by Crippen LogP contribution is 2.28. The molecule has 0 aromatic heterocycles. The van der Waals surface area contributed by atoms with Gasteiger partial charge in [-0.2, -0.15) is 4.31 Å². The van der Waals surface area contributed by atoms with Gasteiger partial charge in [0.1, 0.15) is 16.5 Å². The number of rotatable bonds is 6. The van der Waals surface area contributed by atoms with Crippen molar-refractivity contribution in [2.45, 2.75) is 11.0 Å². The van der Waals surface area contributed by atoms with Crippen LogP contribution in [0.4, 0.5) is 8.78 Å². The fourth-order valence-electron chi connectivity index (χ4n) is 1.57. The number of benzene rings is 1. The lowest BCUT2D eigenvalue weighted by Gasteiger charge is -2.21. The Morgan fingerprint density at radius 1 is 1.45 bits per heavy atom. The fraction of sp³-hybridized carbons (Fsp3) is 0.455. The van der Waals surface area contributed by atoms with Crippen LogP contribution in [-0.4, -0.2) is 51.2 Å². The molecule has 0 bridgehead atoms. The van der Waals surface area contributed by atoms with E-state index >= 15 is 0 Å². The molecular weight excluding hydrogens is 360 g/mol. The SMILES string of the molecule is COCC(O)CN(C)S(=O)(=O)c1c(F)cc(F)cc1Br. The van der Waals surface area contributed by atoms with E-state index in [0.29, 0.717) is 6.07 Å². The van der Waals surface area contributed by atoms with Crippen LogP contribution in [0.1, 0.15) is 0 Å². The Morgan fingerprint density at radius 2 is 2.05 bits per heavy atom. The third kappa shape index (κ3) is 3.95. The molecule has 0 heterocycles. The van der Waals surface area contributed by atoms with Crippen LogP contribution >= 0.6 is 15.9 Å². The van der Waals surface area contributed by atoms with Gasteiger partial charge in [-0.3, -0.25) is 0 Å². The lowest BCUT2D eigenvalue weighted by atomic mass is 10.3. The molecule has 1 rings (SSSR count). The molecule has 0 aliphatic heterocycles. The van der Waals surface area contributed by atoms with Crippen molar-refractivity contribution in [1.29, 1.82) is 0 Å². The highest BCUT2D eigenvalue weighted by atomic mass is 79.9. The molecule has 5 nitrogen and oxygen atoms in total. The molecule has 0 aliphatic carbocycles. The predicted molar refractivity (Wildman–Crippen MR) is 71.8 cm³/mol. The van der Waals surface area contributed by atoms with Gasteiger partial charge in [0.05, 0.1) is 12.7 Å². The largest absolute Gasteiger partial charge is 0.389 e. The van der Waals surface area contributed by atoms with Crippen LogP contribution in [0.15, 0.2) is 21.5 Å². The molecule has 1 N–H and O–H groups in total. The zero-order chi connectivity index (χ0) is 15.5. The van der Waals surface area contributed by atoms with Crippen LogP contribution in [0.2, 0.25) is 0 Å². The van der Waals surface area contributed by atoms with Crippen molar-refractivity contribution in [3.05, 3.63) is 28.2 Å². The lowest BCUT2D eigenvalue weighted by Crippen LogP contribution is -2.36. The van der Waals surface area contributed by atoms with Crippen LogP contribution in [0.25, 0.3) is 0 Å². The molecule has 9 heteroatoms. The average molecular weight is 374 g/mol. The minimum absolute atomic E-state index is 0.0626. The van der Waals surface area contributed by atoms with E-state index in [1.165, 1.54) is 14.2 Å². The smallest absolute Gasteiger partial charge is 0.246 e. The molecular formula is C11H14BrF2NO4S. The number of ether oxygens (including phenoxy) is 1. The minimum atomic E-state index is -4.20. The van der Waals surface area contributed by atoms with Gasteiger partial charge in [-0.1, -0.05) is 0 Å². The highest BCUT2D eigenvalue weighted by molar-refractivity contribution is 9.10. The van der Waals surface area contributed by atoms with E-state index in [2.05, 4.69) is 20.7 Å². The first kappa shape index (κ1) is 17.4. The number of aliphatic hydroxyl groups excluding tert-OH is 1. The van der Waals surface area contributed by atoms with Crippen molar-refractivity contribution < 1.29 is 27.0 Å². The zero-order valence-corrected chi connectivity index (χ0v) is 13.2. The van der Waals surface area contributed by atoms with Crippen molar-refractivity contribution in [3.63, 3.8) is 0 Å². The number of likely N-dealkylation sites (N-methyl/N-ethyl adjacent to an activating group) is 1. The van der Waals surface area contributed by atoms with Gasteiger partial charge in [0.25, 0.3) is 0 Å². The molecule has 20 heavy (non-hydrogen) atoms. The van der Waals surface area contributed by atoms with Crippen molar-refractivity contribution in [1.82, 2.24) is 4.31 Å². The number of nitrogens with zero attached hydrogens (tertiary/aromatic N) is 1. The summed E-state index contributed by atoms with van der Waals surface area (Å²) in [5.74, 6) is -2.10. The summed E-state index contributed by atoms with van der Waals surface area (Å²) in [5, 5.41) is 9.52. The second-order valence-corrected chi connectivity index (χ2v) is 6.93. The number of hydrogen-bond acceptors (Lipinski definition) is 4. The van der Waals surface area contributed by atoms with E-state index in [1.54, 1.807) is 0 Å². The van der Waals surface area contributed by atoms with Gasteiger partial charge in [0.15, 0.2) is 0 Å². The third-order valence-electron chi connectivity index (χ3n) is 2.46. The van der Waals surface area contributed by atoms with E-state index in [-0.39, 0.29) is 17.6 Å². The lowest BCUT2D eigenvalue weighted by molar-refractivity contribution is 0.0554. The maximum atomic E-state index is 13.7. The molecule has 0 aliphatic rings. The number of halogens is 3. The van der Waals surface area contributed by atoms with Crippen molar-refractivity contribution >= 4 is 26.0 Å². The molecule has 0 amide bonds. The summed E-state index contributed by atoms with van der Waals surface area (Å²) in [6, 6.07) is 1.34. The van der Waals surface area contributed by atoms with E-state index in [0.717, 1.165) is 10.4 Å². The maximum absolute atomic E-state index is 13.7. The molecule has 0 radical (unpaired) electrons. The molecule has 0 fully saturated rings. The molecule has 0 saturated carbocycles. The first-order valence-electron chi connectivity index (χ1n) is 5.48. The summed E-state index contributed by atoms with van der Waals surface area (Å²) in [5.41, 5.74) is 0. The van der Waals surface area contributed by atoms with E-state index in [9.17, 15) is 22.3 Å². The van der Waals surface area contributed by atoms with Gasteiger partial charge in [0, 0.05) is 31.2 Å². The quantitative estimate of drug-likeness (QED) is 0.817. The Morgan fingerprint density at radius 3 is 2.55 bits per heavy atom. The summed E-state index contributed by atoms with van der Waals surface area (Å²) < 4.78 is 56.3. The monoisotopic (exact) mass is 373 g/mol. The van der Waals surface area contributed by atoms with Crippen LogP contribution < -0.4 is 0 Å². The summed E-state index contributed by atoms with van der Waals surface area (Å²) in [6.07, 6.45) is -1.05. The van der Waals surface area contributed by atoms with Gasteiger partial charge in [0.2, 0.25) is 10.0 Å². The highest BCUT2D eigenvalue weighted by Gasteiger charge is 2.29. The second-order valence-electron chi connectivity index (χ2n) is 4.09. The number of methoxy groups -OCH3 is 1. The van der Waals surface area contributed by atoms with Gasteiger partial charge in [-0.05, 0) is 22.0 Å². The van der Waals surface area contributed by atoms with Gasteiger partial charge < -0.3 is 9.84 Å². The Kier molecular flexibility index (Phi) is 6.02. The normalized spacial score (nSPS) is 13.8. The topological polar surface area (TPSA) is 66.8 Å². The Hall–Kier alpha value is -0.610. The second kappa shape index (κ2) is 6.90. The number of aliphatic hydroxyl groups is 1. The van der Waals surface area contributed by atoms with E-state index in [1.807, 2.05) is 0 Å². The van der Waals surface area contributed by atoms with E-state index < -0.39 is 32.7 Å². The Balaban J connectivity index is 3.11. The Bertz CT molecular complexity index is 559. The van der Waals surface area contributed by atoms with Crippen LogP contribution in [0, 0.1) is 11.6 Å². The fourth-order valence-corrected chi connectivity index (χ4v) is 3.88. The molecule has 114 valence electrons. The summed E-state index contributed by atoms with van der Waals surface area (Å²) in [4.78, 5) is -0.675. The molecule has 1 aromatic carbocycles. The minimum Gasteiger partial charge on any atom is -0.389 e. The summed E-state index contributed by atoms with van der Waals surface area (Å²) in [6.45, 7) is -0.341. The standard InChI is InChI=1S/C11H14BrF2NO4S/c1-15(5-8(16)6-19-2)20(17,18)11-9(12)3-7(13)4-10(11)14/h3-4,8,16H,5-6H2,1-2H3. The van der Waals surface area contributed by atoms with Crippen LogP contribution in [0.3, 0.4) is 0 Å². The molecule has 1 unspecified atom stereocenters.